The van der Waals surface area contributed by atoms with Crippen molar-refractivity contribution >= 4 is 11.7 Å². The smallest absolute Gasteiger partial charge is 0.255 e. The Labute approximate surface area is 170 Å². The maximum atomic E-state index is 13.3. The SMILES string of the molecule is C[C@H]1O[C@H]1C(=O)N(CC(=O)c1ccccc1)C(c1ccccc1)c1ccccc1. The molecule has 0 radical (unpaired) electrons. The quantitative estimate of drug-likeness (QED) is 0.451. The van der Waals surface area contributed by atoms with E-state index in [1.165, 1.54) is 0 Å². The largest absolute Gasteiger partial charge is 0.359 e. The summed E-state index contributed by atoms with van der Waals surface area (Å²) in [6.07, 6.45) is -0.613. The second kappa shape index (κ2) is 8.41. The summed E-state index contributed by atoms with van der Waals surface area (Å²) >= 11 is 0. The van der Waals surface area contributed by atoms with Crippen LogP contribution in [0.4, 0.5) is 0 Å². The Morgan fingerprint density at radius 1 is 0.828 bits per heavy atom. The van der Waals surface area contributed by atoms with Crippen molar-refractivity contribution in [3.63, 3.8) is 0 Å². The van der Waals surface area contributed by atoms with Crippen molar-refractivity contribution in [2.45, 2.75) is 25.2 Å². The summed E-state index contributed by atoms with van der Waals surface area (Å²) < 4.78 is 5.47. The number of carbonyl (C=O) groups excluding carboxylic acids is 2. The van der Waals surface area contributed by atoms with Crippen LogP contribution >= 0.6 is 0 Å². The van der Waals surface area contributed by atoms with Crippen LogP contribution in [0.3, 0.4) is 0 Å². The van der Waals surface area contributed by atoms with Crippen molar-refractivity contribution in [3.05, 3.63) is 108 Å². The molecule has 0 N–H and O–H groups in total. The Bertz CT molecular complexity index is 933. The van der Waals surface area contributed by atoms with Crippen molar-refractivity contribution in [1.29, 1.82) is 0 Å². The lowest BCUT2D eigenvalue weighted by Gasteiger charge is -2.32. The Morgan fingerprint density at radius 3 is 1.72 bits per heavy atom. The Balaban J connectivity index is 1.74. The molecule has 0 saturated carbocycles. The fourth-order valence-corrected chi connectivity index (χ4v) is 3.60. The number of Topliss-reactive ketones (excluding diaryl/α,β-unsaturated/α-hetero) is 1. The van der Waals surface area contributed by atoms with Crippen LogP contribution in [-0.4, -0.2) is 35.3 Å². The monoisotopic (exact) mass is 385 g/mol. The number of epoxide rings is 1. The molecular formula is C25H23NO3. The normalized spacial score (nSPS) is 17.7. The zero-order chi connectivity index (χ0) is 20.2. The minimum atomic E-state index is -0.492. The molecule has 0 aromatic heterocycles. The van der Waals surface area contributed by atoms with Gasteiger partial charge in [-0.3, -0.25) is 9.59 Å². The van der Waals surface area contributed by atoms with E-state index < -0.39 is 6.10 Å². The second-order valence-corrected chi connectivity index (χ2v) is 7.24. The highest BCUT2D eigenvalue weighted by Gasteiger charge is 2.45. The average Bonchev–Trinajstić information content (AvgIpc) is 3.51. The van der Waals surface area contributed by atoms with Crippen molar-refractivity contribution in [2.24, 2.45) is 0 Å². The van der Waals surface area contributed by atoms with Crippen molar-refractivity contribution < 1.29 is 14.3 Å². The van der Waals surface area contributed by atoms with Crippen LogP contribution in [-0.2, 0) is 9.53 Å². The first kappa shape index (κ1) is 19.1. The summed E-state index contributed by atoms with van der Waals surface area (Å²) in [4.78, 5) is 28.0. The van der Waals surface area contributed by atoms with E-state index in [2.05, 4.69) is 0 Å². The van der Waals surface area contributed by atoms with E-state index in [0.717, 1.165) is 11.1 Å². The molecule has 1 aliphatic heterocycles. The number of hydrogen-bond acceptors (Lipinski definition) is 3. The Kier molecular flexibility index (Phi) is 5.54. The van der Waals surface area contributed by atoms with Crippen LogP contribution in [0.1, 0.15) is 34.5 Å². The number of ether oxygens (including phenoxy) is 1. The standard InChI is InChI=1S/C25H23NO3/c1-18-24(29-18)25(28)26(17-22(27)19-11-5-2-6-12-19)23(20-13-7-3-8-14-20)21-15-9-4-10-16-21/h2-16,18,23-24H,17H2,1H3/t18-,24-/m1/s1. The van der Waals surface area contributed by atoms with Crippen LogP contribution in [0.2, 0.25) is 0 Å². The van der Waals surface area contributed by atoms with E-state index in [-0.39, 0.29) is 30.4 Å². The van der Waals surface area contributed by atoms with Gasteiger partial charge in [0.25, 0.3) is 5.91 Å². The van der Waals surface area contributed by atoms with Gasteiger partial charge in [-0.15, -0.1) is 0 Å². The lowest BCUT2D eigenvalue weighted by Crippen LogP contribution is -2.42. The molecule has 0 unspecified atom stereocenters. The van der Waals surface area contributed by atoms with Gasteiger partial charge < -0.3 is 9.64 Å². The van der Waals surface area contributed by atoms with Gasteiger partial charge in [0.1, 0.15) is 0 Å². The highest BCUT2D eigenvalue weighted by Crippen LogP contribution is 2.33. The Morgan fingerprint density at radius 2 is 1.28 bits per heavy atom. The molecule has 1 fully saturated rings. The van der Waals surface area contributed by atoms with E-state index in [0.29, 0.717) is 5.56 Å². The third kappa shape index (κ3) is 4.28. The molecule has 3 aromatic carbocycles. The molecule has 1 heterocycles. The lowest BCUT2D eigenvalue weighted by atomic mass is 9.95. The number of amides is 1. The zero-order valence-corrected chi connectivity index (χ0v) is 16.3. The van der Waals surface area contributed by atoms with E-state index >= 15 is 0 Å². The summed E-state index contributed by atoms with van der Waals surface area (Å²) in [5.41, 5.74) is 2.51. The van der Waals surface area contributed by atoms with E-state index in [4.69, 9.17) is 4.74 Å². The van der Waals surface area contributed by atoms with Gasteiger partial charge in [0.2, 0.25) is 0 Å². The summed E-state index contributed by atoms with van der Waals surface area (Å²) in [5.74, 6) is -0.247. The molecule has 0 bridgehead atoms. The molecule has 4 heteroatoms. The molecule has 4 nitrogen and oxygen atoms in total. The molecule has 29 heavy (non-hydrogen) atoms. The van der Waals surface area contributed by atoms with Gasteiger partial charge in [0.05, 0.1) is 18.7 Å². The molecule has 0 aliphatic carbocycles. The third-order valence-electron chi connectivity index (χ3n) is 5.19. The third-order valence-corrected chi connectivity index (χ3v) is 5.19. The highest BCUT2D eigenvalue weighted by molar-refractivity contribution is 6.00. The fraction of sp³-hybridized carbons (Fsp3) is 0.200. The van der Waals surface area contributed by atoms with E-state index in [1.807, 2.05) is 85.8 Å². The Hall–Kier alpha value is -3.24. The topological polar surface area (TPSA) is 49.9 Å². The minimum absolute atomic E-state index is 0.0100. The van der Waals surface area contributed by atoms with E-state index in [9.17, 15) is 9.59 Å². The average molecular weight is 385 g/mol. The second-order valence-electron chi connectivity index (χ2n) is 7.24. The molecule has 2 atom stereocenters. The molecule has 1 aliphatic rings. The van der Waals surface area contributed by atoms with Gasteiger partial charge in [-0.2, -0.15) is 0 Å². The summed E-state index contributed by atoms with van der Waals surface area (Å²) in [6, 6.07) is 28.4. The number of ketones is 1. The molecular weight excluding hydrogens is 362 g/mol. The van der Waals surface area contributed by atoms with Crippen LogP contribution in [0.5, 0.6) is 0 Å². The van der Waals surface area contributed by atoms with Crippen molar-refractivity contribution in [2.75, 3.05) is 6.54 Å². The van der Waals surface area contributed by atoms with Gasteiger partial charge in [-0.25, -0.2) is 0 Å². The van der Waals surface area contributed by atoms with Crippen molar-refractivity contribution in [3.8, 4) is 0 Å². The lowest BCUT2D eigenvalue weighted by molar-refractivity contribution is -0.133. The maximum absolute atomic E-state index is 13.3. The van der Waals surface area contributed by atoms with Crippen LogP contribution < -0.4 is 0 Å². The molecule has 0 spiro atoms. The molecule has 1 saturated heterocycles. The number of benzene rings is 3. The van der Waals surface area contributed by atoms with Crippen LogP contribution in [0, 0.1) is 0 Å². The first-order valence-electron chi connectivity index (χ1n) is 9.79. The van der Waals surface area contributed by atoms with Gasteiger partial charge in [0, 0.05) is 5.56 Å². The summed E-state index contributed by atoms with van der Waals surface area (Å²) in [6.45, 7) is 1.86. The van der Waals surface area contributed by atoms with Crippen LogP contribution in [0.25, 0.3) is 0 Å². The number of rotatable bonds is 7. The fourth-order valence-electron chi connectivity index (χ4n) is 3.60. The predicted octanol–water partition coefficient (Wildman–Crippen LogP) is 4.27. The molecule has 4 rings (SSSR count). The molecule has 1 amide bonds. The van der Waals surface area contributed by atoms with Crippen molar-refractivity contribution in [1.82, 2.24) is 4.90 Å². The number of carbonyl (C=O) groups is 2. The highest BCUT2D eigenvalue weighted by atomic mass is 16.6. The zero-order valence-electron chi connectivity index (χ0n) is 16.3. The van der Waals surface area contributed by atoms with Crippen LogP contribution in [0.15, 0.2) is 91.0 Å². The molecule has 146 valence electrons. The minimum Gasteiger partial charge on any atom is -0.359 e. The van der Waals surface area contributed by atoms with Gasteiger partial charge in [-0.1, -0.05) is 91.0 Å². The van der Waals surface area contributed by atoms with E-state index in [1.54, 1.807) is 17.0 Å². The van der Waals surface area contributed by atoms with Gasteiger partial charge >= 0.3 is 0 Å². The maximum Gasteiger partial charge on any atom is 0.255 e. The molecule has 3 aromatic rings. The number of hydrogen-bond donors (Lipinski definition) is 0. The van der Waals surface area contributed by atoms with Gasteiger partial charge in [0.15, 0.2) is 11.9 Å². The summed E-state index contributed by atoms with van der Waals surface area (Å²) in [5, 5.41) is 0. The predicted molar refractivity (Wildman–Crippen MR) is 112 cm³/mol. The first-order valence-corrected chi connectivity index (χ1v) is 9.79. The number of nitrogens with zero attached hydrogens (tertiary/aromatic N) is 1. The summed E-state index contributed by atoms with van der Waals surface area (Å²) in [7, 11) is 0. The first-order chi connectivity index (χ1) is 14.1. The van der Waals surface area contributed by atoms with Gasteiger partial charge in [-0.05, 0) is 18.1 Å².